The van der Waals surface area contributed by atoms with Gasteiger partial charge in [-0.15, -0.1) is 0 Å². The fraction of sp³-hybridized carbons (Fsp3) is 0.700. The average molecular weight is 212 g/mol. The summed E-state index contributed by atoms with van der Waals surface area (Å²) in [7, 11) is 0. The lowest BCUT2D eigenvalue weighted by Crippen LogP contribution is -2.33. The van der Waals surface area contributed by atoms with E-state index in [9.17, 15) is 4.79 Å². The van der Waals surface area contributed by atoms with Crippen molar-refractivity contribution in [2.45, 2.75) is 38.5 Å². The van der Waals surface area contributed by atoms with Crippen molar-refractivity contribution in [3.8, 4) is 0 Å². The van der Waals surface area contributed by atoms with Gasteiger partial charge in [0.1, 0.15) is 0 Å². The molecule has 14 heavy (non-hydrogen) atoms. The highest BCUT2D eigenvalue weighted by Crippen LogP contribution is 2.22. The standard InChI is InChI=1S/C10H16N2OS/c1-10(2,3)12-9(13)7-4-5-14-6-8(7)11-12/h11H,4-6H2,1-3H3. The average Bonchev–Trinajstić information content (AvgIpc) is 2.44. The molecule has 3 nitrogen and oxygen atoms in total. The summed E-state index contributed by atoms with van der Waals surface area (Å²) < 4.78 is 1.75. The Kier molecular flexibility index (Phi) is 2.26. The Morgan fingerprint density at radius 3 is 2.71 bits per heavy atom. The van der Waals surface area contributed by atoms with E-state index in [0.717, 1.165) is 29.2 Å². The minimum absolute atomic E-state index is 0.140. The summed E-state index contributed by atoms with van der Waals surface area (Å²) in [5.74, 6) is 2.03. The van der Waals surface area contributed by atoms with Crippen molar-refractivity contribution in [2.75, 3.05) is 5.75 Å². The molecule has 0 unspecified atom stereocenters. The van der Waals surface area contributed by atoms with E-state index in [1.54, 1.807) is 4.68 Å². The molecular weight excluding hydrogens is 196 g/mol. The lowest BCUT2D eigenvalue weighted by atomic mass is 10.1. The van der Waals surface area contributed by atoms with Crippen LogP contribution in [0, 0.1) is 0 Å². The van der Waals surface area contributed by atoms with E-state index in [1.807, 2.05) is 32.5 Å². The smallest absolute Gasteiger partial charge is 0.270 e. The number of aromatic nitrogens is 2. The van der Waals surface area contributed by atoms with Crippen molar-refractivity contribution in [1.29, 1.82) is 0 Å². The maximum atomic E-state index is 12.0. The van der Waals surface area contributed by atoms with E-state index >= 15 is 0 Å². The first-order valence-corrected chi connectivity index (χ1v) is 6.06. The Bertz CT molecular complexity index is 397. The lowest BCUT2D eigenvalue weighted by Gasteiger charge is -2.19. The molecule has 0 aliphatic carbocycles. The molecule has 1 aliphatic rings. The van der Waals surface area contributed by atoms with Crippen LogP contribution in [-0.4, -0.2) is 15.5 Å². The van der Waals surface area contributed by atoms with Crippen molar-refractivity contribution in [1.82, 2.24) is 9.78 Å². The monoisotopic (exact) mass is 212 g/mol. The zero-order chi connectivity index (χ0) is 10.3. The van der Waals surface area contributed by atoms with Gasteiger partial charge in [-0.25, -0.2) is 4.68 Å². The number of fused-ring (bicyclic) bond motifs is 1. The van der Waals surface area contributed by atoms with Gasteiger partial charge in [0.2, 0.25) is 0 Å². The molecule has 2 rings (SSSR count). The SMILES string of the molecule is CC(C)(C)n1[nH]c2c(c1=O)CCSC2. The summed E-state index contributed by atoms with van der Waals surface area (Å²) in [6.45, 7) is 6.14. The molecule has 4 heteroatoms. The molecule has 2 heterocycles. The molecule has 0 spiro atoms. The topological polar surface area (TPSA) is 37.8 Å². The van der Waals surface area contributed by atoms with E-state index in [2.05, 4.69) is 5.10 Å². The van der Waals surface area contributed by atoms with Gasteiger partial charge in [-0.2, -0.15) is 11.8 Å². The fourth-order valence-electron chi connectivity index (χ4n) is 1.72. The molecule has 0 fully saturated rings. The van der Waals surface area contributed by atoms with Crippen LogP contribution in [0.3, 0.4) is 0 Å². The number of nitrogens with one attached hydrogen (secondary N) is 1. The van der Waals surface area contributed by atoms with Crippen LogP contribution in [0.2, 0.25) is 0 Å². The Hall–Kier alpha value is -0.640. The van der Waals surface area contributed by atoms with Crippen LogP contribution in [0.25, 0.3) is 0 Å². The summed E-state index contributed by atoms with van der Waals surface area (Å²) in [5, 5.41) is 3.23. The van der Waals surface area contributed by atoms with Crippen molar-refractivity contribution in [3.63, 3.8) is 0 Å². The molecule has 0 amide bonds. The number of hydrogen-bond donors (Lipinski definition) is 1. The summed E-state index contributed by atoms with van der Waals surface area (Å²) >= 11 is 1.89. The van der Waals surface area contributed by atoms with Gasteiger partial charge in [-0.1, -0.05) is 0 Å². The zero-order valence-electron chi connectivity index (χ0n) is 8.89. The normalized spacial score (nSPS) is 16.8. The molecule has 0 saturated carbocycles. The van der Waals surface area contributed by atoms with Crippen molar-refractivity contribution in [2.24, 2.45) is 0 Å². The Morgan fingerprint density at radius 2 is 2.14 bits per heavy atom. The highest BCUT2D eigenvalue weighted by Gasteiger charge is 2.23. The molecule has 0 aromatic carbocycles. The van der Waals surface area contributed by atoms with Crippen LogP contribution >= 0.6 is 11.8 Å². The molecule has 1 aliphatic heterocycles. The van der Waals surface area contributed by atoms with Crippen LogP contribution in [-0.2, 0) is 17.7 Å². The summed E-state index contributed by atoms with van der Waals surface area (Å²) in [4.78, 5) is 12.0. The molecule has 1 N–H and O–H groups in total. The van der Waals surface area contributed by atoms with Gasteiger partial charge in [0.25, 0.3) is 5.56 Å². The molecule has 0 atom stereocenters. The first-order valence-electron chi connectivity index (χ1n) is 4.91. The molecule has 1 aromatic heterocycles. The maximum absolute atomic E-state index is 12.0. The minimum atomic E-state index is -0.140. The van der Waals surface area contributed by atoms with Crippen LogP contribution in [0.15, 0.2) is 4.79 Å². The van der Waals surface area contributed by atoms with Crippen molar-refractivity contribution < 1.29 is 0 Å². The first kappa shape index (κ1) is 9.90. The second kappa shape index (κ2) is 3.19. The molecule has 0 saturated heterocycles. The fourth-order valence-corrected chi connectivity index (χ4v) is 2.65. The van der Waals surface area contributed by atoms with Crippen LogP contribution in [0.1, 0.15) is 32.0 Å². The highest BCUT2D eigenvalue weighted by molar-refractivity contribution is 7.98. The van der Waals surface area contributed by atoms with Crippen molar-refractivity contribution >= 4 is 11.8 Å². The largest absolute Gasteiger partial charge is 0.298 e. The van der Waals surface area contributed by atoms with Gasteiger partial charge in [-0.3, -0.25) is 9.89 Å². The third kappa shape index (κ3) is 1.52. The molecule has 0 radical (unpaired) electrons. The number of nitrogens with zero attached hydrogens (tertiary/aromatic N) is 1. The molecule has 0 bridgehead atoms. The van der Waals surface area contributed by atoms with Gasteiger partial charge in [0, 0.05) is 11.3 Å². The summed E-state index contributed by atoms with van der Waals surface area (Å²) in [6.07, 6.45) is 0.915. The molecule has 78 valence electrons. The minimum Gasteiger partial charge on any atom is -0.298 e. The van der Waals surface area contributed by atoms with Gasteiger partial charge in [0.05, 0.1) is 11.2 Å². The second-order valence-corrected chi connectivity index (χ2v) is 5.79. The van der Waals surface area contributed by atoms with Gasteiger partial charge in [0.15, 0.2) is 0 Å². The number of aromatic amines is 1. The maximum Gasteiger partial charge on any atom is 0.270 e. The quantitative estimate of drug-likeness (QED) is 0.711. The Morgan fingerprint density at radius 1 is 1.43 bits per heavy atom. The van der Waals surface area contributed by atoms with Crippen molar-refractivity contribution in [3.05, 3.63) is 21.6 Å². The van der Waals surface area contributed by atoms with E-state index in [-0.39, 0.29) is 11.1 Å². The molecule has 1 aromatic rings. The third-order valence-electron chi connectivity index (χ3n) is 2.49. The Labute approximate surface area is 87.9 Å². The zero-order valence-corrected chi connectivity index (χ0v) is 9.70. The van der Waals surface area contributed by atoms with E-state index < -0.39 is 0 Å². The number of hydrogen-bond acceptors (Lipinski definition) is 2. The second-order valence-electron chi connectivity index (χ2n) is 4.68. The number of thioether (sulfide) groups is 1. The van der Waals surface area contributed by atoms with Gasteiger partial charge in [-0.05, 0) is 32.9 Å². The highest BCUT2D eigenvalue weighted by atomic mass is 32.2. The first-order chi connectivity index (χ1) is 6.50. The van der Waals surface area contributed by atoms with Gasteiger partial charge < -0.3 is 0 Å². The molecular formula is C10H16N2OS. The van der Waals surface area contributed by atoms with Crippen LogP contribution < -0.4 is 5.56 Å². The van der Waals surface area contributed by atoms with E-state index in [1.165, 1.54) is 0 Å². The third-order valence-corrected chi connectivity index (χ3v) is 3.47. The number of rotatable bonds is 0. The van der Waals surface area contributed by atoms with Crippen LogP contribution in [0.4, 0.5) is 0 Å². The number of H-pyrrole nitrogens is 1. The van der Waals surface area contributed by atoms with Gasteiger partial charge >= 0.3 is 0 Å². The van der Waals surface area contributed by atoms with E-state index in [0.29, 0.717) is 0 Å². The Balaban J connectivity index is 2.55. The summed E-state index contributed by atoms with van der Waals surface area (Å²) in [6, 6.07) is 0. The predicted octanol–water partition coefficient (Wildman–Crippen LogP) is 1.72. The predicted molar refractivity (Wildman–Crippen MR) is 59.9 cm³/mol. The van der Waals surface area contributed by atoms with E-state index in [4.69, 9.17) is 0 Å². The lowest BCUT2D eigenvalue weighted by molar-refractivity contribution is 0.344. The van der Waals surface area contributed by atoms with Crippen LogP contribution in [0.5, 0.6) is 0 Å². The summed E-state index contributed by atoms with van der Waals surface area (Å²) in [5.41, 5.74) is 2.16.